The first kappa shape index (κ1) is 14.3. The van der Waals surface area contributed by atoms with E-state index < -0.39 is 0 Å². The molecule has 2 aromatic heterocycles. The Bertz CT molecular complexity index is 613. The molecule has 6 heteroatoms. The highest BCUT2D eigenvalue weighted by molar-refractivity contribution is 6.29. The zero-order chi connectivity index (χ0) is 14.5. The second kappa shape index (κ2) is 6.34. The summed E-state index contributed by atoms with van der Waals surface area (Å²) >= 11 is 5.87. The highest BCUT2D eigenvalue weighted by atomic mass is 35.5. The molecule has 2 heterocycles. The van der Waals surface area contributed by atoms with Crippen LogP contribution in [0.4, 0.5) is 5.82 Å². The van der Waals surface area contributed by atoms with Crippen LogP contribution in [0.2, 0.25) is 5.15 Å². The first-order valence-corrected chi connectivity index (χ1v) is 6.51. The largest absolute Gasteiger partial charge is 0.373 e. The van der Waals surface area contributed by atoms with E-state index in [0.29, 0.717) is 17.9 Å². The molecule has 104 valence electrons. The molecule has 0 aromatic carbocycles. The Morgan fingerprint density at radius 1 is 1.35 bits per heavy atom. The van der Waals surface area contributed by atoms with Crippen molar-refractivity contribution in [3.8, 4) is 0 Å². The van der Waals surface area contributed by atoms with Gasteiger partial charge < -0.3 is 10.6 Å². The van der Waals surface area contributed by atoms with E-state index in [-0.39, 0.29) is 11.1 Å². The predicted molar refractivity (Wildman–Crippen MR) is 78.9 cm³/mol. The molecule has 0 spiro atoms. The predicted octanol–water partition coefficient (Wildman–Crippen LogP) is 2.41. The number of pyridine rings is 2. The van der Waals surface area contributed by atoms with Crippen LogP contribution < -0.4 is 10.6 Å². The highest BCUT2D eigenvalue weighted by Gasteiger charge is 2.08. The SMILES string of the molecule is CNc1cc(C(=O)NCc2ccc(C)nc2)cc(Cl)n1. The topological polar surface area (TPSA) is 66.9 Å². The lowest BCUT2D eigenvalue weighted by atomic mass is 10.2. The number of anilines is 1. The van der Waals surface area contributed by atoms with Crippen LogP contribution in [-0.4, -0.2) is 22.9 Å². The summed E-state index contributed by atoms with van der Waals surface area (Å²) in [5, 5.41) is 5.95. The molecule has 0 atom stereocenters. The minimum Gasteiger partial charge on any atom is -0.373 e. The lowest BCUT2D eigenvalue weighted by molar-refractivity contribution is 0.0951. The van der Waals surface area contributed by atoms with E-state index in [1.807, 2.05) is 19.1 Å². The lowest BCUT2D eigenvalue weighted by Crippen LogP contribution is -2.23. The molecule has 20 heavy (non-hydrogen) atoms. The second-order valence-electron chi connectivity index (χ2n) is 4.30. The number of carbonyl (C=O) groups is 1. The van der Waals surface area contributed by atoms with E-state index in [1.165, 1.54) is 6.07 Å². The average molecular weight is 291 g/mol. The van der Waals surface area contributed by atoms with E-state index in [9.17, 15) is 4.79 Å². The fraction of sp³-hybridized carbons (Fsp3) is 0.214. The third-order valence-electron chi connectivity index (χ3n) is 2.74. The lowest BCUT2D eigenvalue weighted by Gasteiger charge is -2.07. The van der Waals surface area contributed by atoms with Crippen LogP contribution in [0, 0.1) is 6.92 Å². The summed E-state index contributed by atoms with van der Waals surface area (Å²) in [4.78, 5) is 20.3. The molecule has 2 rings (SSSR count). The van der Waals surface area contributed by atoms with Crippen molar-refractivity contribution in [2.75, 3.05) is 12.4 Å². The smallest absolute Gasteiger partial charge is 0.251 e. The van der Waals surface area contributed by atoms with E-state index >= 15 is 0 Å². The number of hydrogen-bond acceptors (Lipinski definition) is 4. The summed E-state index contributed by atoms with van der Waals surface area (Å²) in [6.07, 6.45) is 1.74. The van der Waals surface area contributed by atoms with Crippen LogP contribution in [0.15, 0.2) is 30.5 Å². The zero-order valence-corrected chi connectivity index (χ0v) is 12.0. The van der Waals surface area contributed by atoms with Gasteiger partial charge in [0.25, 0.3) is 5.91 Å². The molecule has 0 saturated heterocycles. The van der Waals surface area contributed by atoms with Crippen molar-refractivity contribution in [3.63, 3.8) is 0 Å². The number of rotatable bonds is 4. The van der Waals surface area contributed by atoms with Crippen molar-refractivity contribution in [1.82, 2.24) is 15.3 Å². The Morgan fingerprint density at radius 2 is 2.15 bits per heavy atom. The average Bonchev–Trinajstić information content (AvgIpc) is 2.45. The molecule has 2 aromatic rings. The Kier molecular flexibility index (Phi) is 4.53. The van der Waals surface area contributed by atoms with Gasteiger partial charge >= 0.3 is 0 Å². The van der Waals surface area contributed by atoms with Crippen LogP contribution in [0.1, 0.15) is 21.6 Å². The summed E-state index contributed by atoms with van der Waals surface area (Å²) in [6, 6.07) is 7.02. The Morgan fingerprint density at radius 3 is 2.80 bits per heavy atom. The third-order valence-corrected chi connectivity index (χ3v) is 2.93. The van der Waals surface area contributed by atoms with Gasteiger partial charge in [0.15, 0.2) is 0 Å². The van der Waals surface area contributed by atoms with Crippen LogP contribution in [0.25, 0.3) is 0 Å². The molecular weight excluding hydrogens is 276 g/mol. The number of aromatic nitrogens is 2. The zero-order valence-electron chi connectivity index (χ0n) is 11.3. The molecule has 0 fully saturated rings. The molecule has 1 amide bonds. The maximum Gasteiger partial charge on any atom is 0.251 e. The number of nitrogens with zero attached hydrogens (tertiary/aromatic N) is 2. The summed E-state index contributed by atoms with van der Waals surface area (Å²) in [7, 11) is 1.72. The van der Waals surface area contributed by atoms with Gasteiger partial charge in [0.2, 0.25) is 0 Å². The van der Waals surface area contributed by atoms with Crippen LogP contribution in [-0.2, 0) is 6.54 Å². The van der Waals surface area contributed by atoms with Gasteiger partial charge in [-0.1, -0.05) is 17.7 Å². The van der Waals surface area contributed by atoms with Crippen LogP contribution in [0.3, 0.4) is 0 Å². The molecule has 0 aliphatic rings. The molecule has 0 radical (unpaired) electrons. The highest BCUT2D eigenvalue weighted by Crippen LogP contribution is 2.14. The molecular formula is C14H15ClN4O. The maximum absolute atomic E-state index is 12.1. The van der Waals surface area contributed by atoms with Crippen molar-refractivity contribution in [2.45, 2.75) is 13.5 Å². The molecule has 0 unspecified atom stereocenters. The number of halogens is 1. The Balaban J connectivity index is 2.04. The quantitative estimate of drug-likeness (QED) is 0.849. The normalized spacial score (nSPS) is 10.2. The van der Waals surface area contributed by atoms with Crippen molar-refractivity contribution >= 4 is 23.3 Å². The molecule has 0 aliphatic carbocycles. The molecule has 0 saturated carbocycles. The second-order valence-corrected chi connectivity index (χ2v) is 4.69. The van der Waals surface area contributed by atoms with Gasteiger partial charge in [-0.2, -0.15) is 0 Å². The van der Waals surface area contributed by atoms with Crippen molar-refractivity contribution in [3.05, 3.63) is 52.4 Å². The summed E-state index contributed by atoms with van der Waals surface area (Å²) in [6.45, 7) is 2.33. The van der Waals surface area contributed by atoms with Crippen molar-refractivity contribution in [2.24, 2.45) is 0 Å². The molecule has 5 nitrogen and oxygen atoms in total. The third kappa shape index (κ3) is 3.68. The Hall–Kier alpha value is -2.14. The minimum atomic E-state index is -0.202. The summed E-state index contributed by atoms with van der Waals surface area (Å²) in [5.74, 6) is 0.353. The Labute approximate surface area is 122 Å². The van der Waals surface area contributed by atoms with E-state index in [4.69, 9.17) is 11.6 Å². The number of nitrogens with one attached hydrogen (secondary N) is 2. The number of carbonyl (C=O) groups excluding carboxylic acids is 1. The maximum atomic E-state index is 12.1. The van der Waals surface area contributed by atoms with Gasteiger partial charge in [-0.25, -0.2) is 4.98 Å². The van der Waals surface area contributed by atoms with Crippen LogP contribution >= 0.6 is 11.6 Å². The van der Waals surface area contributed by atoms with E-state index in [2.05, 4.69) is 20.6 Å². The summed E-state index contributed by atoms with van der Waals surface area (Å²) in [5.41, 5.74) is 2.35. The number of aryl methyl sites for hydroxylation is 1. The molecule has 0 aliphatic heterocycles. The molecule has 0 bridgehead atoms. The van der Waals surface area contributed by atoms with Gasteiger partial charge in [0, 0.05) is 31.0 Å². The van der Waals surface area contributed by atoms with Crippen LogP contribution in [0.5, 0.6) is 0 Å². The van der Waals surface area contributed by atoms with Gasteiger partial charge in [0.05, 0.1) is 0 Å². The number of hydrogen-bond donors (Lipinski definition) is 2. The van der Waals surface area contributed by atoms with Gasteiger partial charge in [-0.05, 0) is 30.7 Å². The van der Waals surface area contributed by atoms with Gasteiger partial charge in [-0.3, -0.25) is 9.78 Å². The first-order valence-electron chi connectivity index (χ1n) is 6.13. The van der Waals surface area contributed by atoms with E-state index in [1.54, 1.807) is 19.3 Å². The first-order chi connectivity index (χ1) is 9.58. The standard InChI is InChI=1S/C14H15ClN4O/c1-9-3-4-10(7-17-9)8-18-14(20)11-5-12(15)19-13(6-11)16-2/h3-7H,8H2,1-2H3,(H,16,19)(H,18,20). The number of amides is 1. The van der Waals surface area contributed by atoms with Gasteiger partial charge in [-0.15, -0.1) is 0 Å². The minimum absolute atomic E-state index is 0.202. The fourth-order valence-corrected chi connectivity index (χ4v) is 1.85. The fourth-order valence-electron chi connectivity index (χ4n) is 1.64. The van der Waals surface area contributed by atoms with E-state index in [0.717, 1.165) is 11.3 Å². The molecule has 2 N–H and O–H groups in total. The van der Waals surface area contributed by atoms with Gasteiger partial charge in [0.1, 0.15) is 11.0 Å². The van der Waals surface area contributed by atoms with Crippen molar-refractivity contribution < 1.29 is 4.79 Å². The van der Waals surface area contributed by atoms with Crippen molar-refractivity contribution in [1.29, 1.82) is 0 Å². The monoisotopic (exact) mass is 290 g/mol. The summed E-state index contributed by atoms with van der Waals surface area (Å²) < 4.78 is 0.